The first-order valence-electron chi connectivity index (χ1n) is 6.81. The highest BCUT2D eigenvalue weighted by atomic mass is 16.5. The van der Waals surface area contributed by atoms with E-state index < -0.39 is 11.4 Å². The molecule has 3 rings (SSSR count). The average molecular weight is 253 g/mol. The number of carboxylic acid groups (broad SMARTS) is 1. The molecule has 2 saturated carbocycles. The predicted molar refractivity (Wildman–Crippen MR) is 63.0 cm³/mol. The molecule has 1 saturated heterocycles. The molecule has 0 spiro atoms. The summed E-state index contributed by atoms with van der Waals surface area (Å²) in [5.74, 6) is -1.11. The molecule has 2 unspecified atom stereocenters. The van der Waals surface area contributed by atoms with Gasteiger partial charge < -0.3 is 14.7 Å². The molecule has 2 atom stereocenters. The molecule has 3 aliphatic rings. The summed E-state index contributed by atoms with van der Waals surface area (Å²) in [5, 5.41) is 9.35. The number of fused-ring (bicyclic) bond motifs is 1. The van der Waals surface area contributed by atoms with E-state index >= 15 is 0 Å². The maximum Gasteiger partial charge on any atom is 0.319 e. The van der Waals surface area contributed by atoms with Crippen LogP contribution in [0.4, 0.5) is 0 Å². The first-order valence-corrected chi connectivity index (χ1v) is 6.81. The van der Waals surface area contributed by atoms with Gasteiger partial charge in [-0.05, 0) is 32.1 Å². The molecule has 3 fully saturated rings. The minimum Gasteiger partial charge on any atom is -0.480 e. The Labute approximate surface area is 106 Å². The smallest absolute Gasteiger partial charge is 0.319 e. The lowest BCUT2D eigenvalue weighted by atomic mass is 9.67. The van der Waals surface area contributed by atoms with Crippen molar-refractivity contribution in [1.29, 1.82) is 0 Å². The predicted octanol–water partition coefficient (Wildman–Crippen LogP) is 1.02. The molecular formula is C13H19NO4. The SMILES string of the molecule is O=C(O)C1(C(=O)N2CCOC3CCCC32)CCC1. The molecule has 5 heteroatoms. The Morgan fingerprint density at radius 3 is 2.61 bits per heavy atom. The quantitative estimate of drug-likeness (QED) is 0.746. The molecule has 2 aliphatic carbocycles. The Kier molecular flexibility index (Phi) is 2.81. The van der Waals surface area contributed by atoms with Crippen molar-refractivity contribution in [1.82, 2.24) is 4.90 Å². The Bertz CT molecular complexity index is 377. The molecule has 0 aromatic carbocycles. The zero-order valence-electron chi connectivity index (χ0n) is 10.4. The summed E-state index contributed by atoms with van der Waals surface area (Å²) in [7, 11) is 0. The number of nitrogens with zero attached hydrogens (tertiary/aromatic N) is 1. The highest BCUT2D eigenvalue weighted by Crippen LogP contribution is 2.44. The zero-order valence-corrected chi connectivity index (χ0v) is 10.4. The summed E-state index contributed by atoms with van der Waals surface area (Å²) in [6.45, 7) is 1.09. The lowest BCUT2D eigenvalue weighted by Gasteiger charge is -2.45. The van der Waals surface area contributed by atoms with Gasteiger partial charge in [-0.1, -0.05) is 6.42 Å². The second-order valence-corrected chi connectivity index (χ2v) is 5.65. The normalized spacial score (nSPS) is 33.7. The van der Waals surface area contributed by atoms with Crippen LogP contribution < -0.4 is 0 Å². The largest absolute Gasteiger partial charge is 0.480 e. The van der Waals surface area contributed by atoms with Gasteiger partial charge in [-0.15, -0.1) is 0 Å². The third kappa shape index (κ3) is 1.56. The average Bonchev–Trinajstić information content (AvgIpc) is 2.74. The molecule has 0 radical (unpaired) electrons. The van der Waals surface area contributed by atoms with Crippen LogP contribution in [0.3, 0.4) is 0 Å². The van der Waals surface area contributed by atoms with Crippen LogP contribution in [0.15, 0.2) is 0 Å². The number of ether oxygens (including phenoxy) is 1. The van der Waals surface area contributed by atoms with E-state index in [4.69, 9.17) is 4.74 Å². The van der Waals surface area contributed by atoms with Crippen LogP contribution in [0, 0.1) is 5.41 Å². The number of carbonyl (C=O) groups excluding carboxylic acids is 1. The highest BCUT2D eigenvalue weighted by Gasteiger charge is 2.55. The second kappa shape index (κ2) is 4.23. The number of morpholine rings is 1. The van der Waals surface area contributed by atoms with E-state index in [0.29, 0.717) is 26.0 Å². The fourth-order valence-corrected chi connectivity index (χ4v) is 3.50. The summed E-state index contributed by atoms with van der Waals surface area (Å²) >= 11 is 0. The third-order valence-electron chi connectivity index (χ3n) is 4.77. The number of aliphatic carboxylic acids is 1. The fraction of sp³-hybridized carbons (Fsp3) is 0.846. The molecule has 0 aromatic heterocycles. The van der Waals surface area contributed by atoms with Crippen LogP contribution in [-0.4, -0.2) is 47.2 Å². The minimum absolute atomic E-state index is 0.114. The van der Waals surface area contributed by atoms with E-state index in [1.165, 1.54) is 0 Å². The van der Waals surface area contributed by atoms with Gasteiger partial charge in [-0.2, -0.15) is 0 Å². The number of carboxylic acids is 1. The fourth-order valence-electron chi connectivity index (χ4n) is 3.50. The monoisotopic (exact) mass is 253 g/mol. The van der Waals surface area contributed by atoms with Crippen LogP contribution in [-0.2, 0) is 14.3 Å². The lowest BCUT2D eigenvalue weighted by molar-refractivity contribution is -0.174. The molecule has 5 nitrogen and oxygen atoms in total. The molecular weight excluding hydrogens is 234 g/mol. The zero-order chi connectivity index (χ0) is 12.8. The Hall–Kier alpha value is -1.10. The third-order valence-corrected chi connectivity index (χ3v) is 4.77. The van der Waals surface area contributed by atoms with Crippen LogP contribution in [0.5, 0.6) is 0 Å². The van der Waals surface area contributed by atoms with Gasteiger partial charge in [0.05, 0.1) is 18.8 Å². The van der Waals surface area contributed by atoms with Crippen molar-refractivity contribution in [3.63, 3.8) is 0 Å². The molecule has 1 aliphatic heterocycles. The van der Waals surface area contributed by atoms with Crippen LogP contribution >= 0.6 is 0 Å². The van der Waals surface area contributed by atoms with Gasteiger partial charge in [0.1, 0.15) is 5.41 Å². The standard InChI is InChI=1S/C13H19NO4/c15-11(13(12(16)17)5-2-6-13)14-7-8-18-10-4-1-3-9(10)14/h9-10H,1-8H2,(H,16,17). The summed E-state index contributed by atoms with van der Waals surface area (Å²) in [6.07, 6.45) is 4.98. The van der Waals surface area contributed by atoms with Gasteiger partial charge >= 0.3 is 5.97 Å². The van der Waals surface area contributed by atoms with Crippen molar-refractivity contribution in [2.24, 2.45) is 5.41 Å². The summed E-state index contributed by atoms with van der Waals surface area (Å²) in [5.41, 5.74) is -1.12. The number of carbonyl (C=O) groups is 2. The van der Waals surface area contributed by atoms with Crippen molar-refractivity contribution >= 4 is 11.9 Å². The van der Waals surface area contributed by atoms with Crippen LogP contribution in [0.25, 0.3) is 0 Å². The highest BCUT2D eigenvalue weighted by molar-refractivity contribution is 6.03. The number of amides is 1. The van der Waals surface area contributed by atoms with E-state index in [0.717, 1.165) is 25.7 Å². The van der Waals surface area contributed by atoms with Crippen molar-refractivity contribution in [2.75, 3.05) is 13.2 Å². The Balaban J connectivity index is 1.81. The van der Waals surface area contributed by atoms with E-state index in [2.05, 4.69) is 0 Å². The Morgan fingerprint density at radius 2 is 2.00 bits per heavy atom. The van der Waals surface area contributed by atoms with Gasteiger partial charge in [-0.3, -0.25) is 9.59 Å². The topological polar surface area (TPSA) is 66.8 Å². The van der Waals surface area contributed by atoms with Gasteiger partial charge in [-0.25, -0.2) is 0 Å². The van der Waals surface area contributed by atoms with Crippen LogP contribution in [0.2, 0.25) is 0 Å². The van der Waals surface area contributed by atoms with Crippen molar-refractivity contribution in [2.45, 2.75) is 50.7 Å². The van der Waals surface area contributed by atoms with E-state index in [9.17, 15) is 14.7 Å². The van der Waals surface area contributed by atoms with E-state index in [-0.39, 0.29) is 18.1 Å². The van der Waals surface area contributed by atoms with Crippen LogP contribution in [0.1, 0.15) is 38.5 Å². The van der Waals surface area contributed by atoms with E-state index in [1.54, 1.807) is 4.90 Å². The molecule has 0 bridgehead atoms. The van der Waals surface area contributed by atoms with Crippen molar-refractivity contribution < 1.29 is 19.4 Å². The maximum absolute atomic E-state index is 12.6. The van der Waals surface area contributed by atoms with Crippen molar-refractivity contribution in [3.8, 4) is 0 Å². The van der Waals surface area contributed by atoms with E-state index in [1.807, 2.05) is 0 Å². The number of rotatable bonds is 2. The van der Waals surface area contributed by atoms with Gasteiger partial charge in [0.2, 0.25) is 5.91 Å². The van der Waals surface area contributed by atoms with Crippen molar-refractivity contribution in [3.05, 3.63) is 0 Å². The summed E-state index contributed by atoms with van der Waals surface area (Å²) in [6, 6.07) is 0.114. The first kappa shape index (κ1) is 12.0. The maximum atomic E-state index is 12.6. The minimum atomic E-state index is -1.12. The molecule has 18 heavy (non-hydrogen) atoms. The summed E-state index contributed by atoms with van der Waals surface area (Å²) in [4.78, 5) is 25.8. The lowest BCUT2D eigenvalue weighted by Crippen LogP contribution is -2.59. The van der Waals surface area contributed by atoms with Gasteiger partial charge in [0.15, 0.2) is 0 Å². The van der Waals surface area contributed by atoms with Gasteiger partial charge in [0.25, 0.3) is 0 Å². The molecule has 1 heterocycles. The molecule has 1 N–H and O–H groups in total. The number of hydrogen-bond donors (Lipinski definition) is 1. The first-order chi connectivity index (χ1) is 8.65. The summed E-state index contributed by atoms with van der Waals surface area (Å²) < 4.78 is 5.67. The molecule has 1 amide bonds. The molecule has 100 valence electrons. The van der Waals surface area contributed by atoms with Gasteiger partial charge in [0, 0.05) is 6.54 Å². The second-order valence-electron chi connectivity index (χ2n) is 5.65. The Morgan fingerprint density at radius 1 is 1.22 bits per heavy atom. The number of hydrogen-bond acceptors (Lipinski definition) is 3. The molecule has 0 aromatic rings.